The van der Waals surface area contributed by atoms with E-state index in [4.69, 9.17) is 0 Å². The van der Waals surface area contributed by atoms with Gasteiger partial charge in [0, 0.05) is 18.1 Å². The highest BCUT2D eigenvalue weighted by atomic mass is 16.4. The van der Waals surface area contributed by atoms with Crippen molar-refractivity contribution in [3.05, 3.63) is 48.0 Å². The lowest BCUT2D eigenvalue weighted by molar-refractivity contribution is -0.139. The Kier molecular flexibility index (Phi) is 4.56. The van der Waals surface area contributed by atoms with Crippen LogP contribution >= 0.6 is 0 Å². The van der Waals surface area contributed by atoms with Gasteiger partial charge in [-0.1, -0.05) is 31.9 Å². The quantitative estimate of drug-likeness (QED) is 0.875. The molecular weight excluding hydrogens is 252 g/mol. The number of rotatable bonds is 6. The molecule has 20 heavy (non-hydrogen) atoms. The molecule has 1 heterocycles. The fourth-order valence-corrected chi connectivity index (χ4v) is 2.36. The van der Waals surface area contributed by atoms with Crippen LogP contribution in [0.2, 0.25) is 0 Å². The molecule has 0 saturated carbocycles. The summed E-state index contributed by atoms with van der Waals surface area (Å²) in [6.07, 6.45) is 6.28. The lowest BCUT2D eigenvalue weighted by Crippen LogP contribution is -2.11. The minimum absolute atomic E-state index is 0.409. The molecule has 0 radical (unpaired) electrons. The topological polar surface area (TPSA) is 55.1 Å². The molecule has 0 spiro atoms. The van der Waals surface area contributed by atoms with E-state index in [1.165, 1.54) is 0 Å². The first-order chi connectivity index (χ1) is 9.63. The highest BCUT2D eigenvalue weighted by Crippen LogP contribution is 2.24. The van der Waals surface area contributed by atoms with Crippen molar-refractivity contribution in [1.29, 1.82) is 0 Å². The number of unbranched alkanes of at least 4 members (excludes halogenated alkanes) is 1. The maximum Gasteiger partial charge on any atom is 0.310 e. The molecule has 4 nitrogen and oxygen atoms in total. The van der Waals surface area contributed by atoms with Crippen molar-refractivity contribution in [3.63, 3.8) is 0 Å². The van der Waals surface area contributed by atoms with Crippen LogP contribution in [-0.4, -0.2) is 20.6 Å². The lowest BCUT2D eigenvalue weighted by Gasteiger charge is -2.13. The van der Waals surface area contributed by atoms with Gasteiger partial charge in [-0.15, -0.1) is 0 Å². The largest absolute Gasteiger partial charge is 0.481 e. The lowest BCUT2D eigenvalue weighted by atomic mass is 9.93. The number of imidazole rings is 1. The van der Waals surface area contributed by atoms with Crippen molar-refractivity contribution in [2.24, 2.45) is 0 Å². The molecule has 1 N–H and O–H groups in total. The van der Waals surface area contributed by atoms with Crippen LogP contribution in [0.5, 0.6) is 0 Å². The Morgan fingerprint density at radius 1 is 1.35 bits per heavy atom. The molecule has 0 aliphatic heterocycles. The summed E-state index contributed by atoms with van der Waals surface area (Å²) in [6, 6.07) is 7.71. The van der Waals surface area contributed by atoms with Crippen molar-refractivity contribution in [1.82, 2.24) is 9.55 Å². The fourth-order valence-electron chi connectivity index (χ4n) is 2.36. The van der Waals surface area contributed by atoms with Crippen molar-refractivity contribution in [2.75, 3.05) is 0 Å². The monoisotopic (exact) mass is 272 g/mol. The van der Waals surface area contributed by atoms with E-state index in [0.717, 1.165) is 29.9 Å². The fraction of sp³-hybridized carbons (Fsp3) is 0.375. The first-order valence-corrected chi connectivity index (χ1v) is 6.96. The van der Waals surface area contributed by atoms with Gasteiger partial charge in [0.1, 0.15) is 5.82 Å². The van der Waals surface area contributed by atoms with Crippen LogP contribution in [0, 0.1) is 6.92 Å². The predicted octanol–water partition coefficient (Wildman–Crippen LogP) is 3.54. The van der Waals surface area contributed by atoms with E-state index in [2.05, 4.69) is 11.9 Å². The summed E-state index contributed by atoms with van der Waals surface area (Å²) in [5.41, 5.74) is 1.87. The molecule has 0 amide bonds. The van der Waals surface area contributed by atoms with Crippen LogP contribution in [-0.2, 0) is 4.79 Å². The van der Waals surface area contributed by atoms with Gasteiger partial charge in [0.05, 0.1) is 5.92 Å². The molecule has 0 bridgehead atoms. The van der Waals surface area contributed by atoms with Crippen LogP contribution in [0.25, 0.3) is 5.69 Å². The van der Waals surface area contributed by atoms with Crippen LogP contribution in [0.15, 0.2) is 36.7 Å². The number of hydrogen-bond donors (Lipinski definition) is 1. The third-order valence-corrected chi connectivity index (χ3v) is 3.54. The zero-order valence-electron chi connectivity index (χ0n) is 11.9. The van der Waals surface area contributed by atoms with Gasteiger partial charge >= 0.3 is 5.97 Å². The van der Waals surface area contributed by atoms with E-state index < -0.39 is 11.9 Å². The van der Waals surface area contributed by atoms with Gasteiger partial charge in [-0.25, -0.2) is 4.98 Å². The van der Waals surface area contributed by atoms with E-state index in [-0.39, 0.29) is 0 Å². The summed E-state index contributed by atoms with van der Waals surface area (Å²) < 4.78 is 1.98. The number of nitrogens with zero attached hydrogens (tertiary/aromatic N) is 2. The van der Waals surface area contributed by atoms with Gasteiger partial charge in [-0.2, -0.15) is 0 Å². The standard InChI is InChI=1S/C16H20N2O2/c1-3-4-5-15(16(19)20)13-6-8-14(9-7-13)18-11-10-17-12(18)2/h6-11,15H,3-5H2,1-2H3,(H,19,20). The third kappa shape index (κ3) is 3.07. The maximum absolute atomic E-state index is 11.4. The van der Waals surface area contributed by atoms with Crippen molar-refractivity contribution in [3.8, 4) is 5.69 Å². The van der Waals surface area contributed by atoms with E-state index in [9.17, 15) is 9.90 Å². The Bertz CT molecular complexity index is 572. The zero-order valence-corrected chi connectivity index (χ0v) is 11.9. The molecule has 0 fully saturated rings. The Hall–Kier alpha value is -2.10. The van der Waals surface area contributed by atoms with Crippen molar-refractivity contribution < 1.29 is 9.90 Å². The first kappa shape index (κ1) is 14.3. The zero-order chi connectivity index (χ0) is 14.5. The van der Waals surface area contributed by atoms with Crippen molar-refractivity contribution in [2.45, 2.75) is 39.0 Å². The third-order valence-electron chi connectivity index (χ3n) is 3.54. The maximum atomic E-state index is 11.4. The van der Waals surface area contributed by atoms with Crippen LogP contribution < -0.4 is 0 Å². The Balaban J connectivity index is 2.22. The number of carboxylic acid groups (broad SMARTS) is 1. The molecule has 1 unspecified atom stereocenters. The average molecular weight is 272 g/mol. The summed E-state index contributed by atoms with van der Waals surface area (Å²) in [7, 11) is 0. The minimum atomic E-state index is -0.745. The molecule has 0 aliphatic carbocycles. The van der Waals surface area contributed by atoms with E-state index in [1.54, 1.807) is 6.20 Å². The number of aryl methyl sites for hydroxylation is 1. The molecule has 2 rings (SSSR count). The molecule has 1 aromatic heterocycles. The van der Waals surface area contributed by atoms with Gasteiger partial charge in [0.25, 0.3) is 0 Å². The van der Waals surface area contributed by atoms with E-state index in [1.807, 2.05) is 42.0 Å². The second kappa shape index (κ2) is 6.37. The molecule has 2 aromatic rings. The number of carbonyl (C=O) groups is 1. The summed E-state index contributed by atoms with van der Waals surface area (Å²) in [5, 5.41) is 9.34. The summed E-state index contributed by atoms with van der Waals surface area (Å²) in [5.74, 6) is -0.239. The summed E-state index contributed by atoms with van der Waals surface area (Å²) in [4.78, 5) is 15.5. The van der Waals surface area contributed by atoms with Gasteiger partial charge in [0.2, 0.25) is 0 Å². The molecular formula is C16H20N2O2. The van der Waals surface area contributed by atoms with Gasteiger partial charge in [0.15, 0.2) is 0 Å². The van der Waals surface area contributed by atoms with Crippen LogP contribution in [0.4, 0.5) is 0 Å². The number of benzene rings is 1. The normalized spacial score (nSPS) is 12.3. The molecule has 1 aromatic carbocycles. The minimum Gasteiger partial charge on any atom is -0.481 e. The predicted molar refractivity (Wildman–Crippen MR) is 78.2 cm³/mol. The van der Waals surface area contributed by atoms with Crippen LogP contribution in [0.3, 0.4) is 0 Å². The van der Waals surface area contributed by atoms with E-state index in [0.29, 0.717) is 6.42 Å². The average Bonchev–Trinajstić information content (AvgIpc) is 2.86. The number of aromatic nitrogens is 2. The van der Waals surface area contributed by atoms with E-state index >= 15 is 0 Å². The smallest absolute Gasteiger partial charge is 0.310 e. The van der Waals surface area contributed by atoms with Gasteiger partial charge in [-0.3, -0.25) is 4.79 Å². The SMILES string of the molecule is CCCCC(C(=O)O)c1ccc(-n2ccnc2C)cc1. The first-order valence-electron chi connectivity index (χ1n) is 6.96. The summed E-state index contributed by atoms with van der Waals surface area (Å²) >= 11 is 0. The van der Waals surface area contributed by atoms with Gasteiger partial charge < -0.3 is 9.67 Å². The number of carboxylic acids is 1. The number of hydrogen-bond acceptors (Lipinski definition) is 2. The molecule has 1 atom stereocenters. The second-order valence-electron chi connectivity index (χ2n) is 4.97. The van der Waals surface area contributed by atoms with Gasteiger partial charge in [-0.05, 0) is 31.0 Å². The highest BCUT2D eigenvalue weighted by Gasteiger charge is 2.19. The Morgan fingerprint density at radius 3 is 2.55 bits per heavy atom. The van der Waals surface area contributed by atoms with Crippen molar-refractivity contribution >= 4 is 5.97 Å². The molecule has 0 aliphatic rings. The molecule has 4 heteroatoms. The Morgan fingerprint density at radius 2 is 2.05 bits per heavy atom. The summed E-state index contributed by atoms with van der Waals surface area (Å²) in [6.45, 7) is 4.01. The number of aliphatic carboxylic acids is 1. The Labute approximate surface area is 119 Å². The molecule has 0 saturated heterocycles. The highest BCUT2D eigenvalue weighted by molar-refractivity contribution is 5.76. The van der Waals surface area contributed by atoms with Crippen LogP contribution in [0.1, 0.15) is 43.5 Å². The second-order valence-corrected chi connectivity index (χ2v) is 4.97. The molecule has 106 valence electrons.